The molecule has 1 rings (SSSR count). The second kappa shape index (κ2) is 8.92. The lowest BCUT2D eigenvalue weighted by molar-refractivity contribution is -0.123. The van der Waals surface area contributed by atoms with E-state index in [1.54, 1.807) is 18.2 Å². The van der Waals surface area contributed by atoms with E-state index in [0.29, 0.717) is 23.7 Å². The summed E-state index contributed by atoms with van der Waals surface area (Å²) in [4.78, 5) is 36.7. The van der Waals surface area contributed by atoms with Crippen LogP contribution in [-0.4, -0.2) is 38.0 Å². The number of hydrogen-bond donors (Lipinski definition) is 1. The van der Waals surface area contributed by atoms with Crippen LogP contribution < -0.4 is 10.2 Å². The predicted molar refractivity (Wildman–Crippen MR) is 88.3 cm³/mol. The third-order valence-corrected chi connectivity index (χ3v) is 3.30. The topological polar surface area (TPSA) is 75.7 Å². The average Bonchev–Trinajstić information content (AvgIpc) is 2.51. The molecule has 1 aromatic carbocycles. The van der Waals surface area contributed by atoms with Gasteiger partial charge in [-0.3, -0.25) is 9.59 Å². The van der Waals surface area contributed by atoms with E-state index in [0.717, 1.165) is 6.42 Å². The molecule has 6 nitrogen and oxygen atoms in total. The van der Waals surface area contributed by atoms with E-state index < -0.39 is 5.97 Å². The lowest BCUT2D eigenvalue weighted by atomic mass is 10.1. The summed E-state index contributed by atoms with van der Waals surface area (Å²) >= 11 is 0. The number of nitrogens with zero attached hydrogens (tertiary/aromatic N) is 1. The third-order valence-electron chi connectivity index (χ3n) is 3.30. The molecule has 0 radical (unpaired) electrons. The number of esters is 1. The minimum absolute atomic E-state index is 0.0853. The van der Waals surface area contributed by atoms with E-state index in [2.05, 4.69) is 23.9 Å². The maximum Gasteiger partial charge on any atom is 0.337 e. The molecule has 0 aromatic heterocycles. The lowest BCUT2D eigenvalue weighted by Crippen LogP contribution is -2.40. The van der Waals surface area contributed by atoms with Gasteiger partial charge in [-0.25, -0.2) is 4.79 Å². The normalized spacial score (nSPS) is 10.3. The first kappa shape index (κ1) is 18.7. The molecule has 126 valence electrons. The molecule has 23 heavy (non-hydrogen) atoms. The van der Waals surface area contributed by atoms with Gasteiger partial charge in [0, 0.05) is 19.2 Å². The van der Waals surface area contributed by atoms with E-state index >= 15 is 0 Å². The fourth-order valence-corrected chi connectivity index (χ4v) is 2.00. The molecular weight excluding hydrogens is 296 g/mol. The Labute approximate surface area is 136 Å². The van der Waals surface area contributed by atoms with Gasteiger partial charge in [0.05, 0.1) is 12.7 Å². The second-order valence-corrected chi connectivity index (χ2v) is 5.68. The molecule has 0 aliphatic heterocycles. The molecule has 0 spiro atoms. The van der Waals surface area contributed by atoms with E-state index in [4.69, 9.17) is 0 Å². The Kier molecular flexibility index (Phi) is 7.25. The number of benzene rings is 1. The molecule has 0 aliphatic carbocycles. The van der Waals surface area contributed by atoms with Crippen LogP contribution in [0.15, 0.2) is 24.3 Å². The van der Waals surface area contributed by atoms with Crippen LogP contribution in [0.4, 0.5) is 5.69 Å². The Hall–Kier alpha value is -2.37. The number of methoxy groups -OCH3 is 1. The average molecular weight is 320 g/mol. The van der Waals surface area contributed by atoms with Gasteiger partial charge in [-0.05, 0) is 30.5 Å². The van der Waals surface area contributed by atoms with Crippen LogP contribution in [0.5, 0.6) is 0 Å². The van der Waals surface area contributed by atoms with Crippen molar-refractivity contribution in [2.75, 3.05) is 25.1 Å². The van der Waals surface area contributed by atoms with Crippen LogP contribution in [0, 0.1) is 5.92 Å². The number of carbonyl (C=O) groups is 3. The first-order valence-electron chi connectivity index (χ1n) is 7.58. The molecule has 0 atom stereocenters. The molecule has 0 saturated carbocycles. The number of nitrogens with one attached hydrogen (secondary N) is 1. The molecular formula is C17H24N2O4. The molecule has 0 saturated heterocycles. The Morgan fingerprint density at radius 3 is 2.52 bits per heavy atom. The fourth-order valence-electron chi connectivity index (χ4n) is 2.00. The molecule has 1 N–H and O–H groups in total. The Balaban J connectivity index is 2.81. The number of amides is 2. The number of hydrogen-bond acceptors (Lipinski definition) is 4. The number of anilines is 1. The van der Waals surface area contributed by atoms with Gasteiger partial charge >= 0.3 is 5.97 Å². The predicted octanol–water partition coefficient (Wildman–Crippen LogP) is 1.99. The number of ether oxygens (including phenoxy) is 1. The van der Waals surface area contributed by atoms with Crippen LogP contribution in [0.1, 0.15) is 37.6 Å². The minimum atomic E-state index is -0.489. The van der Waals surface area contributed by atoms with Gasteiger partial charge in [-0.2, -0.15) is 0 Å². The first-order valence-corrected chi connectivity index (χ1v) is 7.58. The van der Waals surface area contributed by atoms with Crippen molar-refractivity contribution in [3.05, 3.63) is 29.8 Å². The quantitative estimate of drug-likeness (QED) is 0.780. The van der Waals surface area contributed by atoms with Crippen molar-refractivity contribution in [2.24, 2.45) is 5.92 Å². The zero-order valence-corrected chi connectivity index (χ0v) is 14.1. The highest BCUT2D eigenvalue weighted by molar-refractivity contribution is 5.99. The van der Waals surface area contributed by atoms with Crippen molar-refractivity contribution < 1.29 is 19.1 Å². The highest BCUT2D eigenvalue weighted by atomic mass is 16.5. The van der Waals surface area contributed by atoms with E-state index in [1.807, 2.05) is 0 Å². The van der Waals surface area contributed by atoms with Gasteiger partial charge in [0.2, 0.25) is 11.8 Å². The highest BCUT2D eigenvalue weighted by Crippen LogP contribution is 2.17. The van der Waals surface area contributed by atoms with E-state index in [1.165, 1.54) is 25.0 Å². The maximum absolute atomic E-state index is 12.0. The van der Waals surface area contributed by atoms with Crippen molar-refractivity contribution >= 4 is 23.5 Å². The van der Waals surface area contributed by atoms with Crippen LogP contribution in [-0.2, 0) is 14.3 Å². The smallest absolute Gasteiger partial charge is 0.337 e. The van der Waals surface area contributed by atoms with Gasteiger partial charge in [0.1, 0.15) is 6.54 Å². The molecule has 0 aliphatic rings. The Morgan fingerprint density at radius 1 is 1.26 bits per heavy atom. The lowest BCUT2D eigenvalue weighted by Gasteiger charge is -2.21. The molecule has 0 heterocycles. The summed E-state index contributed by atoms with van der Waals surface area (Å²) < 4.78 is 4.67. The van der Waals surface area contributed by atoms with Crippen molar-refractivity contribution in [2.45, 2.75) is 27.2 Å². The first-order chi connectivity index (χ1) is 10.8. The zero-order valence-electron chi connectivity index (χ0n) is 14.1. The summed E-state index contributed by atoms with van der Waals surface area (Å²) in [6.07, 6.45) is 0.879. The molecule has 1 aromatic rings. The summed E-state index contributed by atoms with van der Waals surface area (Å²) in [5, 5.41) is 2.79. The van der Waals surface area contributed by atoms with Crippen LogP contribution >= 0.6 is 0 Å². The van der Waals surface area contributed by atoms with Gasteiger partial charge < -0.3 is 15.0 Å². The summed E-state index contributed by atoms with van der Waals surface area (Å²) in [6.45, 7) is 6.02. The standard InChI is InChI=1S/C17H24N2O4/c1-12(2)8-9-18-16(21)11-19(13(3)20)15-7-5-6-14(10-15)17(22)23-4/h5-7,10,12H,8-9,11H2,1-4H3,(H,18,21). The molecule has 0 bridgehead atoms. The Morgan fingerprint density at radius 2 is 1.96 bits per heavy atom. The summed E-state index contributed by atoms with van der Waals surface area (Å²) in [6, 6.07) is 6.45. The molecule has 0 fully saturated rings. The monoisotopic (exact) mass is 320 g/mol. The minimum Gasteiger partial charge on any atom is -0.465 e. The van der Waals surface area contributed by atoms with E-state index in [9.17, 15) is 14.4 Å². The van der Waals surface area contributed by atoms with Crippen LogP contribution in [0.3, 0.4) is 0 Å². The third kappa shape index (κ3) is 6.10. The Bertz CT molecular complexity index is 569. The van der Waals surface area contributed by atoms with E-state index in [-0.39, 0.29) is 18.4 Å². The van der Waals surface area contributed by atoms with Crippen molar-refractivity contribution in [1.82, 2.24) is 5.32 Å². The molecule has 6 heteroatoms. The summed E-state index contributed by atoms with van der Waals surface area (Å²) in [5.74, 6) is -0.497. The van der Waals surface area contributed by atoms with Crippen LogP contribution in [0.25, 0.3) is 0 Å². The summed E-state index contributed by atoms with van der Waals surface area (Å²) in [5.41, 5.74) is 0.816. The fraction of sp³-hybridized carbons (Fsp3) is 0.471. The molecule has 0 unspecified atom stereocenters. The maximum atomic E-state index is 12.0. The summed E-state index contributed by atoms with van der Waals surface area (Å²) in [7, 11) is 1.29. The molecule has 2 amide bonds. The van der Waals surface area contributed by atoms with Gasteiger partial charge in [-0.15, -0.1) is 0 Å². The SMILES string of the molecule is COC(=O)c1cccc(N(CC(=O)NCCC(C)C)C(C)=O)c1. The largest absolute Gasteiger partial charge is 0.465 e. The second-order valence-electron chi connectivity index (χ2n) is 5.68. The van der Waals surface area contributed by atoms with Gasteiger partial charge in [0.15, 0.2) is 0 Å². The highest BCUT2D eigenvalue weighted by Gasteiger charge is 2.17. The number of rotatable bonds is 7. The van der Waals surface area contributed by atoms with Crippen molar-refractivity contribution in [1.29, 1.82) is 0 Å². The van der Waals surface area contributed by atoms with Crippen molar-refractivity contribution in [3.8, 4) is 0 Å². The zero-order chi connectivity index (χ0) is 17.4. The van der Waals surface area contributed by atoms with Crippen molar-refractivity contribution in [3.63, 3.8) is 0 Å². The van der Waals surface area contributed by atoms with Crippen LogP contribution in [0.2, 0.25) is 0 Å². The van der Waals surface area contributed by atoms with Gasteiger partial charge in [-0.1, -0.05) is 19.9 Å². The van der Waals surface area contributed by atoms with Gasteiger partial charge in [0.25, 0.3) is 0 Å². The number of carbonyl (C=O) groups excluding carboxylic acids is 3.